The fraction of sp³-hybridized carbons (Fsp3) is 0.400. The van der Waals surface area contributed by atoms with Gasteiger partial charge in [0.25, 0.3) is 0 Å². The molecule has 2 aliphatic rings. The first-order valence-electron chi connectivity index (χ1n) is 7.87. The van der Waals surface area contributed by atoms with E-state index in [2.05, 4.69) is 63.2 Å². The minimum Gasteiger partial charge on any atom is -0.152 e. The standard InChI is InChI=1S/C20H24S2/c1-20(2,3)19-9-17-8-18(10-19)14-22-12-16-5-4-15(6-7-16)11-21-13-17/h4-10H,11-14H2,1-3H3. The monoisotopic (exact) mass is 328 g/mol. The van der Waals surface area contributed by atoms with Gasteiger partial charge in [-0.1, -0.05) is 63.2 Å². The van der Waals surface area contributed by atoms with Crippen LogP contribution in [0.15, 0.2) is 42.5 Å². The van der Waals surface area contributed by atoms with Gasteiger partial charge in [0.15, 0.2) is 0 Å². The average Bonchev–Trinajstić information content (AvgIpc) is 2.49. The molecule has 2 aromatic rings. The zero-order valence-electron chi connectivity index (χ0n) is 13.7. The van der Waals surface area contributed by atoms with E-state index >= 15 is 0 Å². The molecule has 2 heteroatoms. The van der Waals surface area contributed by atoms with Crippen LogP contribution in [-0.4, -0.2) is 0 Å². The summed E-state index contributed by atoms with van der Waals surface area (Å²) in [6, 6.07) is 16.4. The predicted molar refractivity (Wildman–Crippen MR) is 102 cm³/mol. The van der Waals surface area contributed by atoms with Gasteiger partial charge in [0.1, 0.15) is 0 Å². The van der Waals surface area contributed by atoms with E-state index in [1.807, 2.05) is 23.5 Å². The summed E-state index contributed by atoms with van der Waals surface area (Å²) >= 11 is 4.03. The zero-order valence-corrected chi connectivity index (χ0v) is 15.3. The summed E-state index contributed by atoms with van der Waals surface area (Å²) in [4.78, 5) is 0. The van der Waals surface area contributed by atoms with Crippen molar-refractivity contribution in [2.45, 2.75) is 49.2 Å². The molecule has 0 radical (unpaired) electrons. The first kappa shape index (κ1) is 16.0. The number of thioether (sulfide) groups is 2. The maximum Gasteiger partial charge on any atom is 0.0188 e. The lowest BCUT2D eigenvalue weighted by atomic mass is 9.85. The SMILES string of the molecule is CC(C)(C)c1cc2cc(c1)CSCc1ccc(cc1)CSC2. The summed E-state index contributed by atoms with van der Waals surface area (Å²) in [5, 5.41) is 0. The van der Waals surface area contributed by atoms with Crippen molar-refractivity contribution in [2.75, 3.05) is 0 Å². The largest absolute Gasteiger partial charge is 0.152 e. The quantitative estimate of drug-likeness (QED) is 0.567. The highest BCUT2D eigenvalue weighted by molar-refractivity contribution is 7.98. The van der Waals surface area contributed by atoms with Gasteiger partial charge in [0.05, 0.1) is 0 Å². The van der Waals surface area contributed by atoms with Gasteiger partial charge in [0.2, 0.25) is 0 Å². The second-order valence-corrected chi connectivity index (χ2v) is 9.06. The molecule has 2 aromatic carbocycles. The molecule has 0 fully saturated rings. The highest BCUT2D eigenvalue weighted by atomic mass is 32.2. The predicted octanol–water partition coefficient (Wildman–Crippen LogP) is 6.16. The lowest BCUT2D eigenvalue weighted by molar-refractivity contribution is 0.589. The average molecular weight is 329 g/mol. The molecular weight excluding hydrogens is 304 g/mol. The van der Waals surface area contributed by atoms with Crippen LogP contribution < -0.4 is 0 Å². The Hall–Kier alpha value is -0.860. The van der Waals surface area contributed by atoms with E-state index in [9.17, 15) is 0 Å². The molecule has 0 amide bonds. The van der Waals surface area contributed by atoms with Crippen LogP contribution in [0.25, 0.3) is 0 Å². The van der Waals surface area contributed by atoms with E-state index < -0.39 is 0 Å². The zero-order chi connectivity index (χ0) is 15.6. The highest BCUT2D eigenvalue weighted by Gasteiger charge is 2.15. The Kier molecular flexibility index (Phi) is 4.89. The van der Waals surface area contributed by atoms with Crippen LogP contribution in [0.1, 0.15) is 48.6 Å². The van der Waals surface area contributed by atoms with E-state index in [1.165, 1.54) is 27.8 Å². The van der Waals surface area contributed by atoms with Crippen molar-refractivity contribution >= 4 is 23.5 Å². The summed E-state index contributed by atoms with van der Waals surface area (Å²) in [6.07, 6.45) is 0. The summed E-state index contributed by atoms with van der Waals surface area (Å²) in [5.41, 5.74) is 7.51. The first-order valence-corrected chi connectivity index (χ1v) is 10.2. The second kappa shape index (κ2) is 6.72. The Balaban J connectivity index is 1.90. The minimum absolute atomic E-state index is 0.222. The molecule has 0 nitrogen and oxygen atoms in total. The molecule has 22 heavy (non-hydrogen) atoms. The van der Waals surface area contributed by atoms with E-state index in [4.69, 9.17) is 0 Å². The molecule has 2 aliphatic heterocycles. The molecule has 0 atom stereocenters. The molecule has 116 valence electrons. The molecule has 0 aliphatic carbocycles. The van der Waals surface area contributed by atoms with Gasteiger partial charge >= 0.3 is 0 Å². The Morgan fingerprint density at radius 3 is 1.45 bits per heavy atom. The molecule has 0 N–H and O–H groups in total. The number of hydrogen-bond acceptors (Lipinski definition) is 2. The van der Waals surface area contributed by atoms with Crippen molar-refractivity contribution in [3.63, 3.8) is 0 Å². The third-order valence-corrected chi connectivity index (χ3v) is 6.17. The number of hydrogen-bond donors (Lipinski definition) is 0. The summed E-state index contributed by atoms with van der Waals surface area (Å²) in [5.74, 6) is 4.40. The lowest BCUT2D eigenvalue weighted by Crippen LogP contribution is -2.12. The van der Waals surface area contributed by atoms with Gasteiger partial charge in [-0.3, -0.25) is 0 Å². The fourth-order valence-corrected chi connectivity index (χ4v) is 4.53. The maximum atomic E-state index is 2.41. The first-order chi connectivity index (χ1) is 10.5. The molecule has 0 unspecified atom stereocenters. The van der Waals surface area contributed by atoms with Crippen molar-refractivity contribution in [3.05, 3.63) is 70.3 Å². The number of rotatable bonds is 0. The van der Waals surface area contributed by atoms with Crippen molar-refractivity contribution in [1.29, 1.82) is 0 Å². The molecule has 4 bridgehead atoms. The smallest absolute Gasteiger partial charge is 0.0188 e. The number of fused-ring (bicyclic) bond motifs is 6. The van der Waals surface area contributed by atoms with Crippen LogP contribution in [0.3, 0.4) is 0 Å². The van der Waals surface area contributed by atoms with Crippen molar-refractivity contribution in [1.82, 2.24) is 0 Å². The van der Waals surface area contributed by atoms with Crippen molar-refractivity contribution in [2.24, 2.45) is 0 Å². The van der Waals surface area contributed by atoms with Gasteiger partial charge in [-0.05, 0) is 33.2 Å². The van der Waals surface area contributed by atoms with Gasteiger partial charge in [0, 0.05) is 23.0 Å². The number of benzene rings is 2. The second-order valence-electron chi connectivity index (χ2n) is 7.09. The van der Waals surface area contributed by atoms with Crippen LogP contribution >= 0.6 is 23.5 Å². The van der Waals surface area contributed by atoms with E-state index in [0.717, 1.165) is 23.0 Å². The van der Waals surface area contributed by atoms with Gasteiger partial charge in [-0.15, -0.1) is 0 Å². The van der Waals surface area contributed by atoms with E-state index in [0.29, 0.717) is 0 Å². The Bertz CT molecular complexity index is 588. The van der Waals surface area contributed by atoms with Crippen LogP contribution in [0.5, 0.6) is 0 Å². The highest BCUT2D eigenvalue weighted by Crippen LogP contribution is 2.30. The maximum absolute atomic E-state index is 2.41. The molecule has 0 aromatic heterocycles. The van der Waals surface area contributed by atoms with Crippen LogP contribution in [0.2, 0.25) is 0 Å². The van der Waals surface area contributed by atoms with Crippen molar-refractivity contribution in [3.8, 4) is 0 Å². The Labute approximate surface area is 143 Å². The third-order valence-electron chi connectivity index (χ3n) is 4.02. The van der Waals surface area contributed by atoms with Gasteiger partial charge < -0.3 is 0 Å². The molecule has 4 rings (SSSR count). The third kappa shape index (κ3) is 4.11. The summed E-state index contributed by atoms with van der Waals surface area (Å²) in [6.45, 7) is 6.93. The fourth-order valence-electron chi connectivity index (χ4n) is 2.67. The van der Waals surface area contributed by atoms with Crippen LogP contribution in [-0.2, 0) is 28.4 Å². The van der Waals surface area contributed by atoms with Crippen LogP contribution in [0.4, 0.5) is 0 Å². The molecule has 0 saturated heterocycles. The van der Waals surface area contributed by atoms with E-state index in [1.54, 1.807) is 0 Å². The van der Waals surface area contributed by atoms with Crippen molar-refractivity contribution < 1.29 is 0 Å². The Morgan fingerprint density at radius 1 is 0.636 bits per heavy atom. The normalized spacial score (nSPS) is 15.8. The molecule has 0 spiro atoms. The van der Waals surface area contributed by atoms with Crippen LogP contribution in [0, 0.1) is 0 Å². The van der Waals surface area contributed by atoms with E-state index in [-0.39, 0.29) is 5.41 Å². The molecule has 2 heterocycles. The lowest BCUT2D eigenvalue weighted by Gasteiger charge is -2.21. The Morgan fingerprint density at radius 2 is 1.05 bits per heavy atom. The summed E-state index contributed by atoms with van der Waals surface area (Å²) in [7, 11) is 0. The van der Waals surface area contributed by atoms with Gasteiger partial charge in [-0.2, -0.15) is 23.5 Å². The summed E-state index contributed by atoms with van der Waals surface area (Å²) < 4.78 is 0. The van der Waals surface area contributed by atoms with Gasteiger partial charge in [-0.25, -0.2) is 0 Å². The topological polar surface area (TPSA) is 0 Å². The molecular formula is C20H24S2. The minimum atomic E-state index is 0.222. The molecule has 0 saturated carbocycles.